The maximum Gasteiger partial charge on any atom is 0.328 e. The lowest BCUT2D eigenvalue weighted by Crippen LogP contribution is -2.46. The molecule has 1 aliphatic heterocycles. The molecule has 4 aromatic rings. The van der Waals surface area contributed by atoms with Gasteiger partial charge in [0, 0.05) is 52.4 Å². The lowest BCUT2D eigenvalue weighted by Gasteiger charge is -2.22. The zero-order valence-electron chi connectivity index (χ0n) is 22.3. The molecule has 3 amide bonds. The summed E-state index contributed by atoms with van der Waals surface area (Å²) in [6.07, 6.45) is 4.17. The van der Waals surface area contributed by atoms with Crippen molar-refractivity contribution in [2.45, 2.75) is 32.9 Å². The zero-order valence-corrected chi connectivity index (χ0v) is 22.3. The lowest BCUT2D eigenvalue weighted by molar-refractivity contribution is -0.146. The number of amides is 3. The number of carbonyl (C=O) groups excluding carboxylic acids is 4. The Labute approximate surface area is 225 Å². The summed E-state index contributed by atoms with van der Waals surface area (Å²) in [6.45, 7) is 3.73. The molecule has 0 aliphatic carbocycles. The minimum absolute atomic E-state index is 0.0852. The van der Waals surface area contributed by atoms with Crippen molar-refractivity contribution in [3.8, 4) is 0 Å². The van der Waals surface area contributed by atoms with Crippen LogP contribution in [0.4, 0.5) is 0 Å². The number of fused-ring (bicyclic) bond motifs is 2. The van der Waals surface area contributed by atoms with Crippen molar-refractivity contribution in [1.29, 1.82) is 0 Å². The number of carbonyl (C=O) groups is 4. The van der Waals surface area contributed by atoms with Gasteiger partial charge in [-0.1, -0.05) is 56.7 Å². The van der Waals surface area contributed by atoms with Gasteiger partial charge >= 0.3 is 5.97 Å². The highest BCUT2D eigenvalue weighted by atomic mass is 16.5. The molecular formula is C30H30N4O5. The molecule has 0 spiro atoms. The molecule has 2 N–H and O–H groups in total. The Balaban J connectivity index is 1.61. The standard InChI is InChI=1S/C30H30N4O5/c1-5-17(2)27(30(38)39-4)32-24(35)16-34-15-21(19-11-7-9-13-23(19)34)26-25(28(36)33(3)29(26)37)20-14-31-22-12-8-6-10-18(20)22/h6-15,17,27,31H,5,16H2,1-4H3,(H,32,35)/t17-,27-/m0/s1. The van der Waals surface area contributed by atoms with Gasteiger partial charge in [-0.3, -0.25) is 19.3 Å². The zero-order chi connectivity index (χ0) is 27.8. The number of hydrogen-bond donors (Lipinski definition) is 2. The normalized spacial score (nSPS) is 15.3. The molecule has 0 saturated carbocycles. The van der Waals surface area contributed by atoms with Gasteiger partial charge in [-0.15, -0.1) is 0 Å². The van der Waals surface area contributed by atoms with Crippen molar-refractivity contribution in [2.75, 3.05) is 14.2 Å². The van der Waals surface area contributed by atoms with Gasteiger partial charge in [0.25, 0.3) is 11.8 Å². The van der Waals surface area contributed by atoms with Gasteiger partial charge in [-0.25, -0.2) is 4.79 Å². The summed E-state index contributed by atoms with van der Waals surface area (Å²) in [7, 11) is 2.77. The van der Waals surface area contributed by atoms with Crippen LogP contribution in [0.25, 0.3) is 33.0 Å². The summed E-state index contributed by atoms with van der Waals surface area (Å²) in [5, 5.41) is 4.38. The van der Waals surface area contributed by atoms with Crippen molar-refractivity contribution in [3.63, 3.8) is 0 Å². The molecule has 2 aromatic carbocycles. The fraction of sp³-hybridized carbons (Fsp3) is 0.267. The minimum atomic E-state index is -0.771. The Morgan fingerprint density at radius 3 is 2.31 bits per heavy atom. The number of para-hydroxylation sites is 2. The number of nitrogens with one attached hydrogen (secondary N) is 2. The Morgan fingerprint density at radius 2 is 1.62 bits per heavy atom. The maximum atomic E-state index is 13.5. The Bertz CT molecular complexity index is 1660. The van der Waals surface area contributed by atoms with Crippen molar-refractivity contribution < 1.29 is 23.9 Å². The summed E-state index contributed by atoms with van der Waals surface area (Å²) in [6, 6.07) is 14.3. The number of rotatable bonds is 8. The largest absolute Gasteiger partial charge is 0.467 e. The Hall–Kier alpha value is -4.66. The van der Waals surface area contributed by atoms with Crippen LogP contribution in [-0.4, -0.2) is 58.3 Å². The highest BCUT2D eigenvalue weighted by Crippen LogP contribution is 2.40. The van der Waals surface area contributed by atoms with E-state index in [2.05, 4.69) is 10.3 Å². The van der Waals surface area contributed by atoms with Crippen LogP contribution in [0, 0.1) is 5.92 Å². The number of aromatic nitrogens is 2. The average Bonchev–Trinajstić information content (AvgIpc) is 3.60. The predicted molar refractivity (Wildman–Crippen MR) is 148 cm³/mol. The van der Waals surface area contributed by atoms with E-state index >= 15 is 0 Å². The molecule has 2 atom stereocenters. The number of likely N-dealkylation sites (N-methyl/N-ethyl adjacent to an activating group) is 1. The fourth-order valence-electron chi connectivity index (χ4n) is 5.17. The molecule has 200 valence electrons. The number of hydrogen-bond acceptors (Lipinski definition) is 5. The van der Waals surface area contributed by atoms with Gasteiger partial charge in [0.1, 0.15) is 12.6 Å². The number of methoxy groups -OCH3 is 1. The van der Waals surface area contributed by atoms with Gasteiger partial charge in [0.05, 0.1) is 18.3 Å². The van der Waals surface area contributed by atoms with Gasteiger partial charge < -0.3 is 19.6 Å². The lowest BCUT2D eigenvalue weighted by atomic mass is 9.95. The number of nitrogens with zero attached hydrogens (tertiary/aromatic N) is 2. The first-order valence-electron chi connectivity index (χ1n) is 12.8. The number of esters is 1. The second-order valence-electron chi connectivity index (χ2n) is 9.81. The van der Waals surface area contributed by atoms with Crippen LogP contribution in [0.15, 0.2) is 60.9 Å². The maximum absolute atomic E-state index is 13.5. The fourth-order valence-corrected chi connectivity index (χ4v) is 5.17. The second kappa shape index (κ2) is 10.2. The van der Waals surface area contributed by atoms with E-state index < -0.39 is 17.9 Å². The van der Waals surface area contributed by atoms with E-state index in [0.717, 1.165) is 26.7 Å². The van der Waals surface area contributed by atoms with Gasteiger partial charge in [0.2, 0.25) is 5.91 Å². The summed E-state index contributed by atoms with van der Waals surface area (Å²) in [5.74, 6) is -1.77. The van der Waals surface area contributed by atoms with E-state index in [0.29, 0.717) is 23.1 Å². The number of imide groups is 1. The molecule has 9 heteroatoms. The first kappa shape index (κ1) is 26.0. The molecule has 0 fully saturated rings. The summed E-state index contributed by atoms with van der Waals surface area (Å²) >= 11 is 0. The molecule has 9 nitrogen and oxygen atoms in total. The smallest absolute Gasteiger partial charge is 0.328 e. The highest BCUT2D eigenvalue weighted by molar-refractivity contribution is 6.50. The highest BCUT2D eigenvalue weighted by Gasteiger charge is 2.39. The number of ether oxygens (including phenoxy) is 1. The van der Waals surface area contributed by atoms with E-state index in [-0.39, 0.29) is 29.9 Å². The van der Waals surface area contributed by atoms with Crippen LogP contribution in [0.1, 0.15) is 31.4 Å². The Kier molecular flexibility index (Phi) is 6.82. The monoisotopic (exact) mass is 526 g/mol. The van der Waals surface area contributed by atoms with Crippen molar-refractivity contribution in [1.82, 2.24) is 19.8 Å². The summed E-state index contributed by atoms with van der Waals surface area (Å²) < 4.78 is 6.63. The molecule has 5 rings (SSSR count). The van der Waals surface area contributed by atoms with E-state index in [1.54, 1.807) is 17.0 Å². The third-order valence-corrected chi connectivity index (χ3v) is 7.50. The molecule has 2 aromatic heterocycles. The quantitative estimate of drug-likeness (QED) is 0.268. The van der Waals surface area contributed by atoms with Crippen LogP contribution in [-0.2, 0) is 30.5 Å². The van der Waals surface area contributed by atoms with Gasteiger partial charge in [-0.2, -0.15) is 0 Å². The minimum Gasteiger partial charge on any atom is -0.467 e. The molecule has 0 bridgehead atoms. The topological polar surface area (TPSA) is 113 Å². The average molecular weight is 527 g/mol. The molecule has 1 aliphatic rings. The molecule has 0 radical (unpaired) electrons. The van der Waals surface area contributed by atoms with E-state index in [9.17, 15) is 19.2 Å². The summed E-state index contributed by atoms with van der Waals surface area (Å²) in [4.78, 5) is 56.6. The van der Waals surface area contributed by atoms with E-state index in [4.69, 9.17) is 4.74 Å². The first-order chi connectivity index (χ1) is 18.8. The van der Waals surface area contributed by atoms with Gasteiger partial charge in [-0.05, 0) is 18.1 Å². The predicted octanol–water partition coefficient (Wildman–Crippen LogP) is 3.74. The van der Waals surface area contributed by atoms with Crippen LogP contribution < -0.4 is 5.32 Å². The third kappa shape index (κ3) is 4.39. The van der Waals surface area contributed by atoms with Crippen LogP contribution in [0.5, 0.6) is 0 Å². The van der Waals surface area contributed by atoms with Crippen LogP contribution in [0.3, 0.4) is 0 Å². The molecule has 39 heavy (non-hydrogen) atoms. The first-order valence-corrected chi connectivity index (χ1v) is 12.8. The summed E-state index contributed by atoms with van der Waals surface area (Å²) in [5.41, 5.74) is 3.39. The molecular weight excluding hydrogens is 496 g/mol. The third-order valence-electron chi connectivity index (χ3n) is 7.50. The second-order valence-corrected chi connectivity index (χ2v) is 9.81. The number of H-pyrrole nitrogens is 1. The molecule has 0 saturated heterocycles. The van der Waals surface area contributed by atoms with E-state index in [1.165, 1.54) is 14.2 Å². The Morgan fingerprint density at radius 1 is 0.974 bits per heavy atom. The van der Waals surface area contributed by atoms with Gasteiger partial charge in [0.15, 0.2) is 0 Å². The van der Waals surface area contributed by atoms with E-state index in [1.807, 2.05) is 62.4 Å². The van der Waals surface area contributed by atoms with Crippen LogP contribution >= 0.6 is 0 Å². The van der Waals surface area contributed by atoms with Crippen molar-refractivity contribution in [2.24, 2.45) is 5.92 Å². The number of benzene rings is 2. The van der Waals surface area contributed by atoms with Crippen LogP contribution in [0.2, 0.25) is 0 Å². The molecule has 0 unspecified atom stereocenters. The SMILES string of the molecule is CC[C@H](C)[C@H](NC(=O)Cn1cc(C2=C(c3c[nH]c4ccccc34)C(=O)N(C)C2=O)c2ccccc21)C(=O)OC. The van der Waals surface area contributed by atoms with Crippen molar-refractivity contribution in [3.05, 3.63) is 72.1 Å². The van der Waals surface area contributed by atoms with Crippen molar-refractivity contribution >= 4 is 56.6 Å². The number of aromatic amines is 1. The molecule has 3 heterocycles.